The highest BCUT2D eigenvalue weighted by Crippen LogP contribution is 2.28. The number of aldehydes is 1. The first kappa shape index (κ1) is 16.0. The van der Waals surface area contributed by atoms with Crippen LogP contribution < -0.4 is 10.4 Å². The molecule has 3 rings (SSSR count). The molecule has 0 fully saturated rings. The summed E-state index contributed by atoms with van der Waals surface area (Å²) < 4.78 is 6.37. The molecule has 0 amide bonds. The van der Waals surface area contributed by atoms with Crippen LogP contribution in [0.15, 0.2) is 41.2 Å². The van der Waals surface area contributed by atoms with E-state index in [-0.39, 0.29) is 0 Å². The Bertz CT molecular complexity index is 955. The Hall–Kier alpha value is -2.86. The van der Waals surface area contributed by atoms with Gasteiger partial charge in [-0.25, -0.2) is 4.79 Å². The van der Waals surface area contributed by atoms with E-state index in [0.29, 0.717) is 39.7 Å². The predicted octanol–water partition coefficient (Wildman–Crippen LogP) is 3.01. The van der Waals surface area contributed by atoms with Gasteiger partial charge in [0.1, 0.15) is 5.75 Å². The van der Waals surface area contributed by atoms with Crippen molar-refractivity contribution in [1.29, 1.82) is 0 Å². The molecule has 0 saturated carbocycles. The van der Waals surface area contributed by atoms with Crippen LogP contribution >= 0.6 is 11.6 Å². The molecule has 0 saturated heterocycles. The van der Waals surface area contributed by atoms with Gasteiger partial charge in [-0.15, -0.1) is 5.10 Å². The first-order chi connectivity index (χ1) is 11.5. The summed E-state index contributed by atoms with van der Waals surface area (Å²) in [7, 11) is 1.46. The Morgan fingerprint density at radius 1 is 1.29 bits per heavy atom. The summed E-state index contributed by atoms with van der Waals surface area (Å²) in [6.45, 7) is 1.89. The van der Waals surface area contributed by atoms with Crippen molar-refractivity contribution >= 4 is 17.9 Å². The number of benzene rings is 2. The number of nitrogens with one attached hydrogen (secondary N) is 1. The first-order valence-electron chi connectivity index (χ1n) is 7.13. The van der Waals surface area contributed by atoms with Crippen LogP contribution in [-0.2, 0) is 0 Å². The molecule has 1 aromatic heterocycles. The zero-order valence-electron chi connectivity index (χ0n) is 13.0. The minimum absolute atomic E-state index is 0.368. The molecule has 2 aromatic carbocycles. The van der Waals surface area contributed by atoms with Gasteiger partial charge in [-0.05, 0) is 30.7 Å². The van der Waals surface area contributed by atoms with Gasteiger partial charge in [0.05, 0.1) is 23.4 Å². The summed E-state index contributed by atoms with van der Waals surface area (Å²) in [5, 5.41) is 4.83. The fourth-order valence-electron chi connectivity index (χ4n) is 2.47. The smallest absolute Gasteiger partial charge is 0.348 e. The highest BCUT2D eigenvalue weighted by molar-refractivity contribution is 6.33. The molecule has 0 atom stereocenters. The van der Waals surface area contributed by atoms with Crippen molar-refractivity contribution in [3.05, 3.63) is 63.0 Å². The molecule has 0 aliphatic rings. The SMILES string of the molecule is COc1cc(-n2nc(-c3c(C)cccc3Cl)[nH]c2=O)ccc1C=O. The maximum Gasteiger partial charge on any atom is 0.348 e. The second kappa shape index (κ2) is 6.33. The van der Waals surface area contributed by atoms with Crippen LogP contribution in [0.1, 0.15) is 15.9 Å². The van der Waals surface area contributed by atoms with Crippen LogP contribution in [0.5, 0.6) is 5.75 Å². The molecule has 122 valence electrons. The number of aryl methyl sites for hydroxylation is 1. The van der Waals surface area contributed by atoms with E-state index in [1.165, 1.54) is 11.8 Å². The van der Waals surface area contributed by atoms with Gasteiger partial charge in [0.2, 0.25) is 0 Å². The lowest BCUT2D eigenvalue weighted by atomic mass is 10.1. The van der Waals surface area contributed by atoms with Crippen molar-refractivity contribution in [3.8, 4) is 22.8 Å². The summed E-state index contributed by atoms with van der Waals surface area (Å²) in [6, 6.07) is 10.2. The van der Waals surface area contributed by atoms with E-state index in [2.05, 4.69) is 10.1 Å². The van der Waals surface area contributed by atoms with Crippen molar-refractivity contribution in [3.63, 3.8) is 0 Å². The number of hydrogen-bond acceptors (Lipinski definition) is 4. The highest BCUT2D eigenvalue weighted by Gasteiger charge is 2.15. The molecule has 6 nitrogen and oxygen atoms in total. The number of nitrogens with zero attached hydrogens (tertiary/aromatic N) is 2. The molecule has 3 aromatic rings. The molecule has 0 aliphatic heterocycles. The number of rotatable bonds is 4. The Labute approximate surface area is 142 Å². The average Bonchev–Trinajstić information content (AvgIpc) is 2.95. The standard InChI is InChI=1S/C17H14ClN3O3/c1-10-4-3-5-13(18)15(10)16-19-17(23)21(20-16)12-7-6-11(9-22)14(8-12)24-2/h3-9H,1-2H3,(H,19,20,23). The van der Waals surface area contributed by atoms with E-state index in [1.807, 2.05) is 19.1 Å². The van der Waals surface area contributed by atoms with E-state index < -0.39 is 5.69 Å². The molecule has 0 aliphatic carbocycles. The van der Waals surface area contributed by atoms with Gasteiger partial charge in [0, 0.05) is 11.6 Å². The third kappa shape index (κ3) is 2.72. The van der Waals surface area contributed by atoms with Gasteiger partial charge in [-0.3, -0.25) is 9.78 Å². The van der Waals surface area contributed by atoms with E-state index in [0.717, 1.165) is 5.56 Å². The van der Waals surface area contributed by atoms with Crippen LogP contribution in [0, 0.1) is 6.92 Å². The maximum atomic E-state index is 12.3. The van der Waals surface area contributed by atoms with Gasteiger partial charge in [-0.1, -0.05) is 23.7 Å². The third-order valence-electron chi connectivity index (χ3n) is 3.67. The maximum absolute atomic E-state index is 12.3. The van der Waals surface area contributed by atoms with Crippen LogP contribution in [0.4, 0.5) is 0 Å². The van der Waals surface area contributed by atoms with Crippen molar-refractivity contribution in [1.82, 2.24) is 14.8 Å². The molecule has 0 unspecified atom stereocenters. The van der Waals surface area contributed by atoms with Gasteiger partial charge in [-0.2, -0.15) is 4.68 Å². The first-order valence-corrected chi connectivity index (χ1v) is 7.51. The van der Waals surface area contributed by atoms with Crippen molar-refractivity contribution in [2.75, 3.05) is 7.11 Å². The lowest BCUT2D eigenvalue weighted by Crippen LogP contribution is -2.16. The Morgan fingerprint density at radius 2 is 2.08 bits per heavy atom. The molecule has 0 radical (unpaired) electrons. The Kier molecular flexibility index (Phi) is 4.22. The van der Waals surface area contributed by atoms with Crippen LogP contribution in [-0.4, -0.2) is 28.2 Å². The molecule has 1 heterocycles. The fourth-order valence-corrected chi connectivity index (χ4v) is 2.78. The third-order valence-corrected chi connectivity index (χ3v) is 3.98. The molecular formula is C17H14ClN3O3. The van der Waals surface area contributed by atoms with E-state index in [1.54, 1.807) is 24.3 Å². The van der Waals surface area contributed by atoms with Crippen molar-refractivity contribution < 1.29 is 9.53 Å². The van der Waals surface area contributed by atoms with Gasteiger partial charge in [0.15, 0.2) is 12.1 Å². The normalized spacial score (nSPS) is 10.6. The molecule has 1 N–H and O–H groups in total. The monoisotopic (exact) mass is 343 g/mol. The zero-order valence-corrected chi connectivity index (χ0v) is 13.8. The molecule has 0 spiro atoms. The zero-order chi connectivity index (χ0) is 17.3. The second-order valence-corrected chi connectivity index (χ2v) is 5.57. The number of aromatic amines is 1. The number of methoxy groups -OCH3 is 1. The quantitative estimate of drug-likeness (QED) is 0.739. The van der Waals surface area contributed by atoms with E-state index in [9.17, 15) is 9.59 Å². The average molecular weight is 344 g/mol. The number of halogens is 1. The number of H-pyrrole nitrogens is 1. The number of aromatic nitrogens is 3. The Morgan fingerprint density at radius 3 is 2.75 bits per heavy atom. The topological polar surface area (TPSA) is 77.0 Å². The molecule has 0 bridgehead atoms. The number of hydrogen-bond donors (Lipinski definition) is 1. The predicted molar refractivity (Wildman–Crippen MR) is 91.3 cm³/mol. The largest absolute Gasteiger partial charge is 0.496 e. The summed E-state index contributed by atoms with van der Waals surface area (Å²) >= 11 is 6.23. The Balaban J connectivity index is 2.14. The minimum atomic E-state index is -0.412. The summed E-state index contributed by atoms with van der Waals surface area (Å²) in [5.74, 6) is 0.745. The second-order valence-electron chi connectivity index (χ2n) is 5.17. The molecular weight excluding hydrogens is 330 g/mol. The van der Waals surface area contributed by atoms with Crippen LogP contribution in [0.3, 0.4) is 0 Å². The van der Waals surface area contributed by atoms with Crippen LogP contribution in [0.25, 0.3) is 17.1 Å². The number of carbonyl (C=O) groups excluding carboxylic acids is 1. The van der Waals surface area contributed by atoms with E-state index in [4.69, 9.17) is 16.3 Å². The lowest BCUT2D eigenvalue weighted by Gasteiger charge is -2.06. The van der Waals surface area contributed by atoms with Gasteiger partial charge in [0.25, 0.3) is 0 Å². The van der Waals surface area contributed by atoms with Crippen molar-refractivity contribution in [2.24, 2.45) is 0 Å². The van der Waals surface area contributed by atoms with Gasteiger partial charge < -0.3 is 4.74 Å². The summed E-state index contributed by atoms with van der Waals surface area (Å²) in [4.78, 5) is 26.0. The number of carbonyl (C=O) groups is 1. The van der Waals surface area contributed by atoms with Gasteiger partial charge >= 0.3 is 5.69 Å². The number of ether oxygens (including phenoxy) is 1. The van der Waals surface area contributed by atoms with E-state index >= 15 is 0 Å². The molecule has 24 heavy (non-hydrogen) atoms. The van der Waals surface area contributed by atoms with Crippen LogP contribution in [0.2, 0.25) is 5.02 Å². The fraction of sp³-hybridized carbons (Fsp3) is 0.118. The molecule has 7 heteroatoms. The summed E-state index contributed by atoms with van der Waals surface area (Å²) in [6.07, 6.45) is 0.689. The lowest BCUT2D eigenvalue weighted by molar-refractivity contribution is 0.112. The van der Waals surface area contributed by atoms with Crippen molar-refractivity contribution in [2.45, 2.75) is 6.92 Å². The highest BCUT2D eigenvalue weighted by atomic mass is 35.5. The summed E-state index contributed by atoms with van der Waals surface area (Å²) in [5.41, 5.74) is 2.04. The minimum Gasteiger partial charge on any atom is -0.496 e.